The highest BCUT2D eigenvalue weighted by Gasteiger charge is 2.33. The molecule has 0 aromatic heterocycles. The minimum atomic E-state index is -0.0222. The maximum Gasteiger partial charge on any atom is 0.238 e. The zero-order chi connectivity index (χ0) is 18.6. The standard InChI is InChI=1S/C20H24ClN3O2.ClH/c1-20(13-22)10-11-24(14-20)12-19(25)23-15-6-8-16(9-7-15)26-18-5-3-2-4-17(18)21;/h2-9H,10-14,22H2,1H3,(H,23,25);1H. The molecule has 0 bridgehead atoms. The lowest BCUT2D eigenvalue weighted by molar-refractivity contribution is -0.117. The van der Waals surface area contributed by atoms with Gasteiger partial charge in [0.2, 0.25) is 5.91 Å². The van der Waals surface area contributed by atoms with Gasteiger partial charge in [0.1, 0.15) is 11.5 Å². The van der Waals surface area contributed by atoms with E-state index in [1.165, 1.54) is 0 Å². The molecule has 5 nitrogen and oxygen atoms in total. The molecule has 0 radical (unpaired) electrons. The summed E-state index contributed by atoms with van der Waals surface area (Å²) in [5.74, 6) is 1.24. The number of carbonyl (C=O) groups is 1. The molecule has 0 spiro atoms. The lowest BCUT2D eigenvalue weighted by Gasteiger charge is -2.22. The largest absolute Gasteiger partial charge is 0.456 e. The first kappa shape index (κ1) is 21.5. The van der Waals surface area contributed by atoms with E-state index < -0.39 is 0 Å². The Bertz CT molecular complexity index is 770. The number of nitrogens with two attached hydrogens (primary N) is 1. The molecule has 0 saturated carbocycles. The van der Waals surface area contributed by atoms with Crippen LogP contribution in [0.3, 0.4) is 0 Å². The quantitative estimate of drug-likeness (QED) is 0.751. The zero-order valence-corrected chi connectivity index (χ0v) is 16.9. The van der Waals surface area contributed by atoms with E-state index in [-0.39, 0.29) is 23.7 Å². The summed E-state index contributed by atoms with van der Waals surface area (Å²) in [4.78, 5) is 14.4. The fourth-order valence-electron chi connectivity index (χ4n) is 3.09. The summed E-state index contributed by atoms with van der Waals surface area (Å²) in [5, 5.41) is 3.48. The molecule has 0 aliphatic carbocycles. The van der Waals surface area contributed by atoms with Gasteiger partial charge in [-0.25, -0.2) is 0 Å². The number of rotatable bonds is 6. The third-order valence-corrected chi connectivity index (χ3v) is 5.01. The summed E-state index contributed by atoms with van der Waals surface area (Å²) < 4.78 is 5.75. The fraction of sp³-hybridized carbons (Fsp3) is 0.350. The highest BCUT2D eigenvalue weighted by atomic mass is 35.5. The van der Waals surface area contributed by atoms with E-state index in [1.54, 1.807) is 18.2 Å². The molecule has 3 rings (SSSR count). The van der Waals surface area contributed by atoms with Gasteiger partial charge in [0, 0.05) is 12.2 Å². The van der Waals surface area contributed by atoms with Gasteiger partial charge in [0.15, 0.2) is 0 Å². The van der Waals surface area contributed by atoms with E-state index in [9.17, 15) is 4.79 Å². The second-order valence-corrected chi connectivity index (χ2v) is 7.49. The fourth-order valence-corrected chi connectivity index (χ4v) is 3.27. The summed E-state index contributed by atoms with van der Waals surface area (Å²) in [7, 11) is 0. The summed E-state index contributed by atoms with van der Waals surface area (Å²) in [6.07, 6.45) is 1.03. The van der Waals surface area contributed by atoms with Gasteiger partial charge in [-0.1, -0.05) is 30.7 Å². The van der Waals surface area contributed by atoms with Gasteiger partial charge >= 0.3 is 0 Å². The van der Waals surface area contributed by atoms with Crippen molar-refractivity contribution >= 4 is 35.6 Å². The second kappa shape index (κ2) is 9.42. The van der Waals surface area contributed by atoms with Crippen molar-refractivity contribution in [3.63, 3.8) is 0 Å². The van der Waals surface area contributed by atoms with E-state index in [2.05, 4.69) is 17.1 Å². The van der Waals surface area contributed by atoms with E-state index >= 15 is 0 Å². The van der Waals surface area contributed by atoms with Gasteiger partial charge in [-0.15, -0.1) is 12.4 Å². The number of amides is 1. The number of carbonyl (C=O) groups excluding carboxylic acids is 1. The first-order valence-corrected chi connectivity index (χ1v) is 9.10. The summed E-state index contributed by atoms with van der Waals surface area (Å²) in [6.45, 7) is 4.97. The molecule has 146 valence electrons. The Hall–Kier alpha value is -1.79. The molecule has 1 heterocycles. The van der Waals surface area contributed by atoms with Crippen LogP contribution in [0.2, 0.25) is 5.02 Å². The number of halogens is 2. The van der Waals surface area contributed by atoms with E-state index in [0.29, 0.717) is 29.6 Å². The van der Waals surface area contributed by atoms with Crippen molar-refractivity contribution < 1.29 is 9.53 Å². The number of ether oxygens (including phenoxy) is 1. The Balaban J connectivity index is 0.00000261. The van der Waals surface area contributed by atoms with Crippen molar-refractivity contribution in [2.75, 3.05) is 31.5 Å². The molecular formula is C20H25Cl2N3O2. The highest BCUT2D eigenvalue weighted by Crippen LogP contribution is 2.30. The predicted molar refractivity (Wildman–Crippen MR) is 112 cm³/mol. The van der Waals surface area contributed by atoms with E-state index in [0.717, 1.165) is 25.2 Å². The van der Waals surface area contributed by atoms with Crippen LogP contribution in [0, 0.1) is 5.41 Å². The van der Waals surface area contributed by atoms with Crippen molar-refractivity contribution in [2.45, 2.75) is 13.3 Å². The number of hydrogen-bond acceptors (Lipinski definition) is 4. The molecule has 2 aromatic rings. The molecule has 1 amide bonds. The van der Waals surface area contributed by atoms with Crippen molar-refractivity contribution in [3.8, 4) is 11.5 Å². The van der Waals surface area contributed by atoms with Crippen LogP contribution < -0.4 is 15.8 Å². The van der Waals surface area contributed by atoms with Crippen LogP contribution in [0.15, 0.2) is 48.5 Å². The van der Waals surface area contributed by atoms with Crippen LogP contribution in [0.4, 0.5) is 5.69 Å². The highest BCUT2D eigenvalue weighted by molar-refractivity contribution is 6.32. The molecule has 27 heavy (non-hydrogen) atoms. The Kier molecular flexibility index (Phi) is 7.50. The molecule has 1 atom stereocenters. The molecule has 1 unspecified atom stereocenters. The molecular weight excluding hydrogens is 385 g/mol. The number of nitrogens with one attached hydrogen (secondary N) is 1. The minimum Gasteiger partial charge on any atom is -0.456 e. The normalized spacial score (nSPS) is 19.4. The third kappa shape index (κ3) is 5.84. The smallest absolute Gasteiger partial charge is 0.238 e. The monoisotopic (exact) mass is 409 g/mol. The Labute approximate surface area is 171 Å². The van der Waals surface area contributed by atoms with Crippen LogP contribution in [0.5, 0.6) is 11.5 Å². The van der Waals surface area contributed by atoms with Crippen LogP contribution in [0.1, 0.15) is 13.3 Å². The lowest BCUT2D eigenvalue weighted by Crippen LogP contribution is -2.35. The molecule has 3 N–H and O–H groups in total. The molecule has 1 saturated heterocycles. The summed E-state index contributed by atoms with van der Waals surface area (Å²) in [5.41, 5.74) is 6.68. The first-order chi connectivity index (χ1) is 12.5. The van der Waals surface area contributed by atoms with Crippen molar-refractivity contribution in [3.05, 3.63) is 53.6 Å². The van der Waals surface area contributed by atoms with Crippen LogP contribution in [-0.2, 0) is 4.79 Å². The van der Waals surface area contributed by atoms with Gasteiger partial charge in [-0.2, -0.15) is 0 Å². The number of likely N-dealkylation sites (tertiary alicyclic amines) is 1. The number of benzene rings is 2. The van der Waals surface area contributed by atoms with Gasteiger partial charge in [0.05, 0.1) is 11.6 Å². The summed E-state index contributed by atoms with van der Waals surface area (Å²) >= 11 is 6.09. The molecule has 7 heteroatoms. The van der Waals surface area contributed by atoms with Crippen LogP contribution >= 0.6 is 24.0 Å². The zero-order valence-electron chi connectivity index (χ0n) is 15.3. The van der Waals surface area contributed by atoms with Crippen LogP contribution in [0.25, 0.3) is 0 Å². The minimum absolute atomic E-state index is 0. The van der Waals surface area contributed by atoms with Gasteiger partial charge in [-0.3, -0.25) is 9.69 Å². The first-order valence-electron chi connectivity index (χ1n) is 8.72. The maximum atomic E-state index is 12.3. The molecule has 1 fully saturated rings. The van der Waals surface area contributed by atoms with Gasteiger partial charge in [0.25, 0.3) is 0 Å². The van der Waals surface area contributed by atoms with Crippen LogP contribution in [-0.4, -0.2) is 37.0 Å². The number of anilines is 1. The Morgan fingerprint density at radius 2 is 1.96 bits per heavy atom. The van der Waals surface area contributed by atoms with E-state index in [4.69, 9.17) is 22.1 Å². The SMILES string of the molecule is CC1(CN)CCN(CC(=O)Nc2ccc(Oc3ccccc3Cl)cc2)C1.Cl. The van der Waals surface area contributed by atoms with Gasteiger partial charge in [-0.05, 0) is 61.3 Å². The maximum absolute atomic E-state index is 12.3. The number of para-hydroxylation sites is 1. The lowest BCUT2D eigenvalue weighted by atomic mass is 9.90. The van der Waals surface area contributed by atoms with Crippen molar-refractivity contribution in [2.24, 2.45) is 11.1 Å². The molecule has 2 aromatic carbocycles. The second-order valence-electron chi connectivity index (χ2n) is 7.08. The average Bonchev–Trinajstić information content (AvgIpc) is 3.00. The number of nitrogens with zero attached hydrogens (tertiary/aromatic N) is 1. The van der Waals surface area contributed by atoms with Gasteiger partial charge < -0.3 is 15.8 Å². The predicted octanol–water partition coefficient (Wildman–Crippen LogP) is 4.16. The average molecular weight is 410 g/mol. The van der Waals surface area contributed by atoms with Crippen molar-refractivity contribution in [1.82, 2.24) is 4.90 Å². The molecule has 1 aliphatic heterocycles. The Morgan fingerprint density at radius 3 is 2.59 bits per heavy atom. The molecule has 1 aliphatic rings. The Morgan fingerprint density at radius 1 is 1.26 bits per heavy atom. The third-order valence-electron chi connectivity index (χ3n) is 4.70. The topological polar surface area (TPSA) is 67.6 Å². The summed E-state index contributed by atoms with van der Waals surface area (Å²) in [6, 6.07) is 14.5. The van der Waals surface area contributed by atoms with E-state index in [1.807, 2.05) is 30.3 Å². The van der Waals surface area contributed by atoms with Crippen molar-refractivity contribution in [1.29, 1.82) is 0 Å². The number of hydrogen-bond donors (Lipinski definition) is 2.